The number of nitrogens with one attached hydrogen (secondary N) is 2. The zero-order chi connectivity index (χ0) is 28.9. The van der Waals surface area contributed by atoms with E-state index in [1.54, 1.807) is 0 Å². The molecular weight excluding hydrogens is 524 g/mol. The Morgan fingerprint density at radius 1 is 0.976 bits per heavy atom. The molecule has 1 aliphatic carbocycles. The number of aromatic nitrogens is 1. The van der Waals surface area contributed by atoms with Gasteiger partial charge in [0.05, 0.1) is 21.7 Å². The van der Waals surface area contributed by atoms with Crippen LogP contribution in [0.1, 0.15) is 50.9 Å². The molecule has 0 radical (unpaired) electrons. The van der Waals surface area contributed by atoms with Crippen LogP contribution in [0.2, 0.25) is 0 Å². The second-order valence-corrected chi connectivity index (χ2v) is 9.81. The van der Waals surface area contributed by atoms with Crippen molar-refractivity contribution in [2.45, 2.75) is 19.8 Å². The van der Waals surface area contributed by atoms with Crippen molar-refractivity contribution in [3.63, 3.8) is 0 Å². The zero-order valence-corrected chi connectivity index (χ0v) is 22.1. The lowest BCUT2D eigenvalue weighted by Crippen LogP contribution is -2.43. The van der Waals surface area contributed by atoms with E-state index in [2.05, 4.69) is 23.9 Å². The van der Waals surface area contributed by atoms with E-state index in [9.17, 15) is 24.5 Å². The van der Waals surface area contributed by atoms with Crippen LogP contribution >= 0.6 is 0 Å². The number of nitrogens with zero attached hydrogens (tertiary/aromatic N) is 2. The summed E-state index contributed by atoms with van der Waals surface area (Å²) in [5.41, 5.74) is 8.95. The normalized spacial score (nSPS) is 15.1. The number of ether oxygens (including phenoxy) is 1. The van der Waals surface area contributed by atoms with E-state index in [0.29, 0.717) is 22.9 Å². The Labute approximate surface area is 235 Å². The molecule has 0 spiro atoms. The third-order valence-corrected chi connectivity index (χ3v) is 6.75. The standard InChI is InChI=1S/C31H26N4O6/c1-19-15-22(17-20-7-3-2-4-8-20)29-25(16-19)28(24-9-5-6-10-26(24)32-29)31(38)41-18-27(36)33-34-30(37)21-11-13-23(14-12-21)35(39)40/h2-14,17,19H,15-16,18H2,1H3,(H,33,36)(H,34,37)/b22-17-. The Bertz CT molecular complexity index is 1680. The minimum atomic E-state index is -0.751. The highest BCUT2D eigenvalue weighted by molar-refractivity contribution is 6.07. The lowest BCUT2D eigenvalue weighted by molar-refractivity contribution is -0.384. The van der Waals surface area contributed by atoms with Crippen LogP contribution in [-0.4, -0.2) is 34.3 Å². The van der Waals surface area contributed by atoms with Crippen LogP contribution in [-0.2, 0) is 16.0 Å². The molecule has 2 amide bonds. The number of benzene rings is 3. The number of hydrogen-bond donors (Lipinski definition) is 2. The average Bonchev–Trinajstić information content (AvgIpc) is 2.98. The van der Waals surface area contributed by atoms with E-state index in [0.717, 1.165) is 28.8 Å². The molecule has 0 saturated heterocycles. The number of nitro groups is 1. The average molecular weight is 551 g/mol. The van der Waals surface area contributed by atoms with Crippen molar-refractivity contribution >= 4 is 46.0 Å². The fraction of sp³-hybridized carbons (Fsp3) is 0.161. The quantitative estimate of drug-likeness (QED) is 0.198. The summed E-state index contributed by atoms with van der Waals surface area (Å²) in [7, 11) is 0. The van der Waals surface area contributed by atoms with Gasteiger partial charge in [0.1, 0.15) is 0 Å². The highest BCUT2D eigenvalue weighted by atomic mass is 16.6. The van der Waals surface area contributed by atoms with Crippen LogP contribution in [0.4, 0.5) is 5.69 Å². The van der Waals surface area contributed by atoms with Crippen LogP contribution in [0, 0.1) is 16.0 Å². The second kappa shape index (κ2) is 11.8. The van der Waals surface area contributed by atoms with E-state index in [1.807, 2.05) is 54.6 Å². The van der Waals surface area contributed by atoms with E-state index in [4.69, 9.17) is 9.72 Å². The summed E-state index contributed by atoms with van der Waals surface area (Å²) in [4.78, 5) is 53.3. The molecule has 0 fully saturated rings. The first kappa shape index (κ1) is 27.2. The zero-order valence-electron chi connectivity index (χ0n) is 22.1. The molecule has 0 aliphatic heterocycles. The Hall–Kier alpha value is -5.38. The van der Waals surface area contributed by atoms with Gasteiger partial charge in [0.25, 0.3) is 17.5 Å². The number of carbonyl (C=O) groups is 3. The molecule has 1 atom stereocenters. The fourth-order valence-electron chi connectivity index (χ4n) is 4.89. The van der Waals surface area contributed by atoms with Crippen molar-refractivity contribution in [1.29, 1.82) is 0 Å². The fourth-order valence-corrected chi connectivity index (χ4v) is 4.89. The van der Waals surface area contributed by atoms with Crippen molar-refractivity contribution < 1.29 is 24.0 Å². The second-order valence-electron chi connectivity index (χ2n) is 9.81. The number of para-hydroxylation sites is 1. The van der Waals surface area contributed by atoms with Crippen molar-refractivity contribution in [3.05, 3.63) is 117 Å². The molecule has 0 saturated carbocycles. The summed E-state index contributed by atoms with van der Waals surface area (Å²) in [6.45, 7) is 1.49. The van der Waals surface area contributed by atoms with Crippen molar-refractivity contribution in [2.75, 3.05) is 6.61 Å². The number of non-ortho nitro benzene ring substituents is 1. The van der Waals surface area contributed by atoms with Crippen molar-refractivity contribution in [2.24, 2.45) is 5.92 Å². The molecule has 2 N–H and O–H groups in total. The molecule has 0 bridgehead atoms. The van der Waals surface area contributed by atoms with Crippen molar-refractivity contribution in [3.8, 4) is 0 Å². The van der Waals surface area contributed by atoms with Crippen LogP contribution < -0.4 is 10.9 Å². The number of fused-ring (bicyclic) bond motifs is 2. The van der Waals surface area contributed by atoms with E-state index in [1.165, 1.54) is 24.3 Å². The molecule has 4 aromatic rings. The van der Waals surface area contributed by atoms with Gasteiger partial charge in [0.15, 0.2) is 6.61 Å². The third-order valence-electron chi connectivity index (χ3n) is 6.75. The van der Waals surface area contributed by atoms with Crippen molar-refractivity contribution in [1.82, 2.24) is 15.8 Å². The Balaban J connectivity index is 1.34. The van der Waals surface area contributed by atoms with Gasteiger partial charge in [-0.3, -0.25) is 30.6 Å². The number of nitro benzene ring substituents is 1. The maximum Gasteiger partial charge on any atom is 0.339 e. The number of hydrogen-bond acceptors (Lipinski definition) is 7. The van der Waals surface area contributed by atoms with Gasteiger partial charge in [0, 0.05) is 23.1 Å². The van der Waals surface area contributed by atoms with Crippen LogP contribution in [0.3, 0.4) is 0 Å². The lowest BCUT2D eigenvalue weighted by atomic mass is 9.80. The number of amides is 2. The topological polar surface area (TPSA) is 141 Å². The number of rotatable bonds is 6. The predicted octanol–water partition coefficient (Wildman–Crippen LogP) is 4.88. The van der Waals surface area contributed by atoms with Gasteiger partial charge in [-0.25, -0.2) is 9.78 Å². The number of carbonyl (C=O) groups excluding carboxylic acids is 3. The van der Waals surface area contributed by atoms with Gasteiger partial charge in [-0.1, -0.05) is 55.5 Å². The molecule has 206 valence electrons. The largest absolute Gasteiger partial charge is 0.452 e. The SMILES string of the molecule is CC1C/C(=C/c2ccccc2)c2nc3ccccc3c(C(=O)OCC(=O)NNC(=O)c3ccc([N+](=O)[O-])cc3)c2C1. The first-order valence-corrected chi connectivity index (χ1v) is 13.0. The molecule has 1 unspecified atom stereocenters. The Morgan fingerprint density at radius 3 is 2.41 bits per heavy atom. The molecular formula is C31H26N4O6. The van der Waals surface area contributed by atoms with Crippen LogP contribution in [0.25, 0.3) is 22.6 Å². The third kappa shape index (κ3) is 6.11. The van der Waals surface area contributed by atoms with Gasteiger partial charge in [-0.15, -0.1) is 0 Å². The number of hydrazine groups is 1. The molecule has 41 heavy (non-hydrogen) atoms. The van der Waals surface area contributed by atoms with Gasteiger partial charge in [-0.05, 0) is 59.7 Å². The van der Waals surface area contributed by atoms with Crippen LogP contribution in [0.5, 0.6) is 0 Å². The molecule has 5 rings (SSSR count). The molecule has 1 heterocycles. The van der Waals surface area contributed by atoms with Gasteiger partial charge in [0.2, 0.25) is 0 Å². The molecule has 10 nitrogen and oxygen atoms in total. The van der Waals surface area contributed by atoms with Gasteiger partial charge in [-0.2, -0.15) is 0 Å². The minimum absolute atomic E-state index is 0.108. The van der Waals surface area contributed by atoms with E-state index < -0.39 is 29.3 Å². The Kier molecular flexibility index (Phi) is 7.82. The molecule has 1 aromatic heterocycles. The smallest absolute Gasteiger partial charge is 0.339 e. The molecule has 10 heteroatoms. The van der Waals surface area contributed by atoms with E-state index in [-0.39, 0.29) is 17.2 Å². The Morgan fingerprint density at radius 2 is 1.68 bits per heavy atom. The summed E-state index contributed by atoms with van der Waals surface area (Å²) in [5, 5.41) is 11.4. The maximum absolute atomic E-state index is 13.5. The first-order chi connectivity index (χ1) is 19.8. The van der Waals surface area contributed by atoms with Gasteiger partial charge >= 0.3 is 5.97 Å². The molecule has 3 aromatic carbocycles. The highest BCUT2D eigenvalue weighted by Crippen LogP contribution is 2.38. The monoisotopic (exact) mass is 550 g/mol. The summed E-state index contributed by atoms with van der Waals surface area (Å²) >= 11 is 0. The minimum Gasteiger partial charge on any atom is -0.452 e. The number of esters is 1. The van der Waals surface area contributed by atoms with Gasteiger partial charge < -0.3 is 4.74 Å². The highest BCUT2D eigenvalue weighted by Gasteiger charge is 2.29. The summed E-state index contributed by atoms with van der Waals surface area (Å²) < 4.78 is 5.41. The predicted molar refractivity (Wildman–Crippen MR) is 153 cm³/mol. The first-order valence-electron chi connectivity index (χ1n) is 13.0. The maximum atomic E-state index is 13.5. The summed E-state index contributed by atoms with van der Waals surface area (Å²) in [6.07, 6.45) is 3.52. The van der Waals surface area contributed by atoms with Crippen LogP contribution in [0.15, 0.2) is 78.9 Å². The number of allylic oxidation sites excluding steroid dienone is 1. The summed E-state index contributed by atoms with van der Waals surface area (Å²) in [5.74, 6) is -1.84. The van der Waals surface area contributed by atoms with E-state index >= 15 is 0 Å². The molecule has 1 aliphatic rings. The summed E-state index contributed by atoms with van der Waals surface area (Å²) in [6, 6.07) is 22.1. The lowest BCUT2D eigenvalue weighted by Gasteiger charge is -2.26. The number of pyridine rings is 1.